The van der Waals surface area contributed by atoms with Crippen LogP contribution in [0.4, 0.5) is 17.3 Å². The number of para-hydroxylation sites is 2. The average molecular weight is 332 g/mol. The molecule has 1 aromatic heterocycles. The fraction of sp³-hybridized carbons (Fsp3) is 0.316. The fourth-order valence-electron chi connectivity index (χ4n) is 3.19. The molecule has 2 aromatic rings. The molecule has 0 unspecified atom stereocenters. The van der Waals surface area contributed by atoms with Gasteiger partial charge in [-0.2, -0.15) is 5.26 Å². The van der Waals surface area contributed by atoms with Crippen molar-refractivity contribution in [3.63, 3.8) is 0 Å². The van der Waals surface area contributed by atoms with E-state index in [4.69, 9.17) is 0 Å². The van der Waals surface area contributed by atoms with Gasteiger partial charge in [0.15, 0.2) is 0 Å². The van der Waals surface area contributed by atoms with E-state index < -0.39 is 0 Å². The van der Waals surface area contributed by atoms with Gasteiger partial charge in [-0.15, -0.1) is 0 Å². The zero-order valence-electron chi connectivity index (χ0n) is 14.2. The Labute approximate surface area is 147 Å². The summed E-state index contributed by atoms with van der Waals surface area (Å²) in [5.41, 5.74) is 3.24. The second-order valence-electron chi connectivity index (χ2n) is 6.26. The lowest BCUT2D eigenvalue weighted by Gasteiger charge is -2.26. The lowest BCUT2D eigenvalue weighted by Crippen LogP contribution is -2.28. The third-order valence-electron chi connectivity index (χ3n) is 4.73. The van der Waals surface area contributed by atoms with Gasteiger partial charge in [-0.1, -0.05) is 12.1 Å². The van der Waals surface area contributed by atoms with E-state index in [1.165, 1.54) is 6.42 Å². The third-order valence-corrected chi connectivity index (χ3v) is 4.73. The summed E-state index contributed by atoms with van der Waals surface area (Å²) < 4.78 is 0. The minimum Gasteiger partial charge on any atom is -0.351 e. The molecule has 0 saturated heterocycles. The van der Waals surface area contributed by atoms with Gasteiger partial charge in [-0.25, -0.2) is 9.97 Å². The van der Waals surface area contributed by atoms with E-state index in [2.05, 4.69) is 44.6 Å². The summed E-state index contributed by atoms with van der Waals surface area (Å²) in [6.07, 6.45) is 5.26. The SMILES string of the molecule is CCN1/C(=C(\C#N)c2ccnc(NC3CCC3)n2)Nc2ccccc21. The van der Waals surface area contributed by atoms with Crippen molar-refractivity contribution in [1.29, 1.82) is 5.26 Å². The van der Waals surface area contributed by atoms with E-state index in [-0.39, 0.29) is 0 Å². The van der Waals surface area contributed by atoms with E-state index in [9.17, 15) is 5.26 Å². The predicted octanol–water partition coefficient (Wildman–Crippen LogP) is 3.59. The van der Waals surface area contributed by atoms with Gasteiger partial charge in [-0.3, -0.25) is 0 Å². The average Bonchev–Trinajstić information content (AvgIpc) is 2.97. The molecule has 6 nitrogen and oxygen atoms in total. The number of allylic oxidation sites excluding steroid dienone is 1. The van der Waals surface area contributed by atoms with Gasteiger partial charge in [0.25, 0.3) is 0 Å². The Balaban J connectivity index is 1.71. The molecule has 0 bridgehead atoms. The number of anilines is 3. The molecule has 1 aliphatic carbocycles. The molecule has 1 aliphatic heterocycles. The lowest BCUT2D eigenvalue weighted by molar-refractivity contribution is 0.443. The number of fused-ring (bicyclic) bond motifs is 1. The normalized spacial score (nSPS) is 18.0. The maximum Gasteiger partial charge on any atom is 0.223 e. The second kappa shape index (κ2) is 6.44. The molecular formula is C19H20N6. The van der Waals surface area contributed by atoms with Crippen LogP contribution in [0.15, 0.2) is 42.3 Å². The summed E-state index contributed by atoms with van der Waals surface area (Å²) >= 11 is 0. The van der Waals surface area contributed by atoms with Crippen molar-refractivity contribution < 1.29 is 0 Å². The molecule has 0 spiro atoms. The van der Waals surface area contributed by atoms with Gasteiger partial charge in [-0.05, 0) is 44.4 Å². The molecule has 2 heterocycles. The standard InChI is InChI=1S/C19H20N6/c1-2-25-17-9-4-3-8-16(17)23-18(25)14(12-20)15-10-11-21-19(24-15)22-13-6-5-7-13/h3-4,8-11,13,23H,2,5-7H2,1H3,(H,21,22,24)/b18-14+. The van der Waals surface area contributed by atoms with Crippen molar-refractivity contribution in [2.75, 3.05) is 22.1 Å². The van der Waals surface area contributed by atoms with Crippen LogP contribution in [0.1, 0.15) is 31.9 Å². The van der Waals surface area contributed by atoms with Gasteiger partial charge < -0.3 is 15.5 Å². The second-order valence-corrected chi connectivity index (χ2v) is 6.26. The number of aromatic nitrogens is 2. The Hall–Kier alpha value is -3.07. The summed E-state index contributed by atoms with van der Waals surface area (Å²) in [5, 5.41) is 16.5. The van der Waals surface area contributed by atoms with Crippen LogP contribution in [-0.4, -0.2) is 22.6 Å². The van der Waals surface area contributed by atoms with Gasteiger partial charge in [0.05, 0.1) is 17.1 Å². The number of benzene rings is 1. The summed E-state index contributed by atoms with van der Waals surface area (Å²) in [4.78, 5) is 11.0. The maximum atomic E-state index is 9.81. The van der Waals surface area contributed by atoms with Gasteiger partial charge in [0, 0.05) is 18.8 Å². The summed E-state index contributed by atoms with van der Waals surface area (Å²) in [7, 11) is 0. The topological polar surface area (TPSA) is 76.9 Å². The Kier molecular flexibility index (Phi) is 3.98. The first-order valence-corrected chi connectivity index (χ1v) is 8.68. The highest BCUT2D eigenvalue weighted by Gasteiger charge is 2.26. The molecule has 2 aliphatic rings. The lowest BCUT2D eigenvalue weighted by atomic mass is 9.93. The van der Waals surface area contributed by atoms with Crippen LogP contribution in [0.2, 0.25) is 0 Å². The van der Waals surface area contributed by atoms with Gasteiger partial charge >= 0.3 is 0 Å². The van der Waals surface area contributed by atoms with Crippen LogP contribution in [0.3, 0.4) is 0 Å². The molecule has 1 saturated carbocycles. The smallest absolute Gasteiger partial charge is 0.223 e. The van der Waals surface area contributed by atoms with E-state index in [0.29, 0.717) is 23.3 Å². The molecule has 2 N–H and O–H groups in total. The van der Waals surface area contributed by atoms with Crippen LogP contribution in [-0.2, 0) is 0 Å². The van der Waals surface area contributed by atoms with Crippen molar-refractivity contribution >= 4 is 22.9 Å². The van der Waals surface area contributed by atoms with Gasteiger partial charge in [0.1, 0.15) is 17.5 Å². The van der Waals surface area contributed by atoms with Crippen LogP contribution in [0, 0.1) is 11.3 Å². The molecule has 0 radical (unpaired) electrons. The van der Waals surface area contributed by atoms with Crippen molar-refractivity contribution in [1.82, 2.24) is 9.97 Å². The summed E-state index contributed by atoms with van der Waals surface area (Å²) in [6, 6.07) is 12.6. The minimum absolute atomic E-state index is 0.453. The first-order chi connectivity index (χ1) is 12.3. The van der Waals surface area contributed by atoms with Gasteiger partial charge in [0.2, 0.25) is 5.95 Å². The number of nitrogens with zero attached hydrogens (tertiary/aromatic N) is 4. The molecule has 4 rings (SSSR count). The van der Waals surface area contributed by atoms with E-state index in [0.717, 1.165) is 36.6 Å². The Morgan fingerprint density at radius 2 is 2.20 bits per heavy atom. The molecule has 0 amide bonds. The highest BCUT2D eigenvalue weighted by Crippen LogP contribution is 2.38. The summed E-state index contributed by atoms with van der Waals surface area (Å²) in [6.45, 7) is 2.84. The maximum absolute atomic E-state index is 9.81. The van der Waals surface area contributed by atoms with Crippen molar-refractivity contribution in [2.45, 2.75) is 32.2 Å². The van der Waals surface area contributed by atoms with Crippen molar-refractivity contribution in [2.24, 2.45) is 0 Å². The van der Waals surface area contributed by atoms with Crippen molar-refractivity contribution in [3.05, 3.63) is 48.0 Å². The molecular weight excluding hydrogens is 312 g/mol. The molecule has 25 heavy (non-hydrogen) atoms. The predicted molar refractivity (Wildman–Crippen MR) is 98.9 cm³/mol. The number of nitriles is 1. The summed E-state index contributed by atoms with van der Waals surface area (Å²) in [5.74, 6) is 1.37. The first-order valence-electron chi connectivity index (χ1n) is 8.68. The van der Waals surface area contributed by atoms with Crippen LogP contribution < -0.4 is 15.5 Å². The molecule has 0 atom stereocenters. The monoisotopic (exact) mass is 332 g/mol. The van der Waals surface area contributed by atoms with E-state index in [1.54, 1.807) is 12.3 Å². The van der Waals surface area contributed by atoms with E-state index in [1.807, 2.05) is 18.2 Å². The van der Waals surface area contributed by atoms with Crippen molar-refractivity contribution in [3.8, 4) is 6.07 Å². The first kappa shape index (κ1) is 15.5. The number of hydrogen-bond donors (Lipinski definition) is 2. The highest BCUT2D eigenvalue weighted by atomic mass is 15.3. The molecule has 1 aromatic carbocycles. The quantitative estimate of drug-likeness (QED) is 0.833. The highest BCUT2D eigenvalue weighted by molar-refractivity contribution is 5.90. The van der Waals surface area contributed by atoms with Crippen LogP contribution in [0.5, 0.6) is 0 Å². The Bertz CT molecular complexity index is 862. The number of hydrogen-bond acceptors (Lipinski definition) is 6. The number of nitrogens with one attached hydrogen (secondary N) is 2. The molecule has 1 fully saturated rings. The van der Waals surface area contributed by atoms with Crippen LogP contribution in [0.25, 0.3) is 5.57 Å². The van der Waals surface area contributed by atoms with Crippen LogP contribution >= 0.6 is 0 Å². The Morgan fingerprint density at radius 1 is 1.36 bits per heavy atom. The number of rotatable bonds is 4. The zero-order valence-corrected chi connectivity index (χ0v) is 14.2. The zero-order chi connectivity index (χ0) is 17.2. The Morgan fingerprint density at radius 3 is 2.92 bits per heavy atom. The molecule has 126 valence electrons. The molecule has 6 heteroatoms. The fourth-order valence-corrected chi connectivity index (χ4v) is 3.19. The largest absolute Gasteiger partial charge is 0.351 e. The van der Waals surface area contributed by atoms with E-state index >= 15 is 0 Å². The minimum atomic E-state index is 0.453. The third kappa shape index (κ3) is 2.78.